The smallest absolute Gasteiger partial charge is 0.243 e. The fraction of sp³-hybridized carbons (Fsp3) is 0.409. The van der Waals surface area contributed by atoms with E-state index in [1.165, 1.54) is 21.9 Å². The molecule has 1 N–H and O–H groups in total. The fourth-order valence-electron chi connectivity index (χ4n) is 3.68. The lowest BCUT2D eigenvalue weighted by molar-refractivity contribution is -0.120. The molecule has 0 saturated carbocycles. The summed E-state index contributed by atoms with van der Waals surface area (Å²) < 4.78 is 26.5. The van der Waals surface area contributed by atoms with E-state index in [0.717, 1.165) is 24.0 Å². The van der Waals surface area contributed by atoms with Gasteiger partial charge in [0.1, 0.15) is 0 Å². The maximum absolute atomic E-state index is 12.5. The normalized spacial score (nSPS) is 13.5. The topological polar surface area (TPSA) is 66.5 Å². The molecule has 1 aliphatic rings. The van der Waals surface area contributed by atoms with E-state index in [1.807, 2.05) is 19.9 Å². The van der Waals surface area contributed by atoms with Gasteiger partial charge in [0, 0.05) is 19.6 Å². The molecule has 0 unspecified atom stereocenters. The second kappa shape index (κ2) is 8.88. The van der Waals surface area contributed by atoms with Gasteiger partial charge in [-0.05, 0) is 53.6 Å². The summed E-state index contributed by atoms with van der Waals surface area (Å²) in [6.45, 7) is 4.92. The van der Waals surface area contributed by atoms with Gasteiger partial charge in [0.05, 0.1) is 11.3 Å². The number of carbonyl (C=O) groups is 1. The Morgan fingerprint density at radius 1 is 0.964 bits per heavy atom. The first-order valence-corrected chi connectivity index (χ1v) is 11.3. The van der Waals surface area contributed by atoms with Gasteiger partial charge in [-0.1, -0.05) is 44.2 Å². The molecule has 5 nitrogen and oxygen atoms in total. The minimum Gasteiger partial charge on any atom is -0.352 e. The lowest BCUT2D eigenvalue weighted by Gasteiger charge is -2.18. The van der Waals surface area contributed by atoms with Crippen molar-refractivity contribution in [1.29, 1.82) is 0 Å². The molecule has 0 saturated heterocycles. The summed E-state index contributed by atoms with van der Waals surface area (Å²) in [5, 5.41) is 2.92. The minimum atomic E-state index is -3.45. The number of rotatable bonds is 8. The quantitative estimate of drug-likeness (QED) is 0.741. The lowest BCUT2D eigenvalue weighted by atomic mass is 10.0. The van der Waals surface area contributed by atoms with E-state index >= 15 is 0 Å². The monoisotopic (exact) mass is 400 g/mol. The summed E-state index contributed by atoms with van der Waals surface area (Å²) in [6.07, 6.45) is 3.81. The zero-order valence-corrected chi connectivity index (χ0v) is 17.4. The second-order valence-corrected chi connectivity index (χ2v) is 9.08. The highest BCUT2D eigenvalue weighted by atomic mass is 32.2. The van der Waals surface area contributed by atoms with Crippen LogP contribution in [0.4, 0.5) is 0 Å². The zero-order chi connectivity index (χ0) is 20.1. The highest BCUT2D eigenvalue weighted by molar-refractivity contribution is 7.89. The Bertz CT molecular complexity index is 933. The molecule has 0 spiro atoms. The number of hydrogen-bond acceptors (Lipinski definition) is 3. The molecule has 150 valence electrons. The van der Waals surface area contributed by atoms with Crippen molar-refractivity contribution in [2.24, 2.45) is 0 Å². The van der Waals surface area contributed by atoms with Crippen LogP contribution >= 0.6 is 0 Å². The maximum atomic E-state index is 12.5. The number of carbonyl (C=O) groups excluding carboxylic acids is 1. The summed E-state index contributed by atoms with van der Waals surface area (Å²) in [4.78, 5) is 12.5. The molecule has 0 radical (unpaired) electrons. The van der Waals surface area contributed by atoms with Crippen LogP contribution in [0, 0.1) is 0 Å². The molecular formula is C22H28N2O3S. The van der Waals surface area contributed by atoms with Gasteiger partial charge in [-0.15, -0.1) is 0 Å². The van der Waals surface area contributed by atoms with Crippen molar-refractivity contribution in [3.05, 3.63) is 64.7 Å². The number of fused-ring (bicyclic) bond motifs is 1. The van der Waals surface area contributed by atoms with Crippen LogP contribution in [0.5, 0.6) is 0 Å². The number of sulfonamides is 1. The average molecular weight is 401 g/mol. The number of hydrogen-bond donors (Lipinski definition) is 1. The predicted octanol–water partition coefficient (Wildman–Crippen LogP) is 3.06. The van der Waals surface area contributed by atoms with Crippen LogP contribution in [0.2, 0.25) is 0 Å². The molecule has 6 heteroatoms. The molecule has 0 heterocycles. The van der Waals surface area contributed by atoms with Gasteiger partial charge in [-0.2, -0.15) is 4.31 Å². The average Bonchev–Trinajstić information content (AvgIpc) is 3.15. The zero-order valence-electron chi connectivity index (χ0n) is 16.6. The van der Waals surface area contributed by atoms with Crippen molar-refractivity contribution in [3.8, 4) is 0 Å². The number of benzene rings is 2. The van der Waals surface area contributed by atoms with Gasteiger partial charge >= 0.3 is 0 Å². The van der Waals surface area contributed by atoms with Crippen LogP contribution in [0.3, 0.4) is 0 Å². The van der Waals surface area contributed by atoms with E-state index in [0.29, 0.717) is 26.1 Å². The molecule has 2 aromatic rings. The Kier molecular flexibility index (Phi) is 6.52. The lowest BCUT2D eigenvalue weighted by Crippen LogP contribution is -2.30. The third-order valence-electron chi connectivity index (χ3n) is 5.28. The highest BCUT2D eigenvalue weighted by Gasteiger charge is 2.21. The summed E-state index contributed by atoms with van der Waals surface area (Å²) in [7, 11) is -3.45. The molecular weight excluding hydrogens is 372 g/mol. The van der Waals surface area contributed by atoms with Crippen molar-refractivity contribution in [1.82, 2.24) is 9.62 Å². The Morgan fingerprint density at radius 2 is 1.61 bits per heavy atom. The maximum Gasteiger partial charge on any atom is 0.243 e. The Hall–Kier alpha value is -2.18. The fourth-order valence-corrected chi connectivity index (χ4v) is 5.13. The number of nitrogens with one attached hydrogen (secondary N) is 1. The molecule has 0 fully saturated rings. The molecule has 1 amide bonds. The minimum absolute atomic E-state index is 0.0298. The largest absolute Gasteiger partial charge is 0.352 e. The van der Waals surface area contributed by atoms with E-state index in [1.54, 1.807) is 24.3 Å². The first-order chi connectivity index (χ1) is 13.4. The van der Waals surface area contributed by atoms with Crippen molar-refractivity contribution in [2.45, 2.75) is 51.0 Å². The van der Waals surface area contributed by atoms with Crippen LogP contribution in [0.25, 0.3) is 0 Å². The van der Waals surface area contributed by atoms with Crippen LogP contribution in [-0.4, -0.2) is 31.7 Å². The van der Waals surface area contributed by atoms with Gasteiger partial charge in [0.25, 0.3) is 0 Å². The Labute approximate surface area is 167 Å². The van der Waals surface area contributed by atoms with Gasteiger partial charge in [0.2, 0.25) is 15.9 Å². The summed E-state index contributed by atoms with van der Waals surface area (Å²) in [5.74, 6) is -0.0298. The summed E-state index contributed by atoms with van der Waals surface area (Å²) >= 11 is 0. The van der Waals surface area contributed by atoms with Crippen molar-refractivity contribution < 1.29 is 13.2 Å². The van der Waals surface area contributed by atoms with Gasteiger partial charge < -0.3 is 5.32 Å². The Morgan fingerprint density at radius 3 is 2.29 bits per heavy atom. The summed E-state index contributed by atoms with van der Waals surface area (Å²) in [6, 6.07) is 13.1. The Balaban J connectivity index is 1.57. The molecule has 2 aromatic carbocycles. The molecule has 1 aliphatic carbocycles. The van der Waals surface area contributed by atoms with Crippen LogP contribution in [-0.2, 0) is 40.6 Å². The van der Waals surface area contributed by atoms with Crippen molar-refractivity contribution in [2.75, 3.05) is 13.1 Å². The number of aryl methyl sites for hydroxylation is 2. The molecule has 0 aliphatic heterocycles. The molecule has 0 atom stereocenters. The van der Waals surface area contributed by atoms with E-state index in [4.69, 9.17) is 0 Å². The SMILES string of the molecule is CCN(CC)S(=O)(=O)c1ccc(CNC(=O)Cc2ccc3c(c2)CCC3)cc1. The third kappa shape index (κ3) is 4.62. The third-order valence-corrected chi connectivity index (χ3v) is 7.35. The van der Waals surface area contributed by atoms with Crippen molar-refractivity contribution in [3.63, 3.8) is 0 Å². The second-order valence-electron chi connectivity index (χ2n) is 7.14. The van der Waals surface area contributed by atoms with Crippen LogP contribution < -0.4 is 5.32 Å². The summed E-state index contributed by atoms with van der Waals surface area (Å²) in [5.41, 5.74) is 4.69. The van der Waals surface area contributed by atoms with E-state index < -0.39 is 10.0 Å². The highest BCUT2D eigenvalue weighted by Crippen LogP contribution is 2.23. The van der Waals surface area contributed by atoms with Gasteiger partial charge in [-0.3, -0.25) is 4.79 Å². The standard InChI is InChI=1S/C22H28N2O3S/c1-3-24(4-2)28(26,27)21-12-9-17(10-13-21)16-23-22(25)15-18-8-11-19-6-5-7-20(19)14-18/h8-14H,3-7,15-16H2,1-2H3,(H,23,25). The first kappa shape index (κ1) is 20.6. The van der Waals surface area contributed by atoms with E-state index in [9.17, 15) is 13.2 Å². The van der Waals surface area contributed by atoms with Gasteiger partial charge in [-0.25, -0.2) is 8.42 Å². The van der Waals surface area contributed by atoms with Gasteiger partial charge in [0.15, 0.2) is 0 Å². The van der Waals surface area contributed by atoms with E-state index in [2.05, 4.69) is 17.4 Å². The number of amides is 1. The number of nitrogens with zero attached hydrogens (tertiary/aromatic N) is 1. The van der Waals surface area contributed by atoms with E-state index in [-0.39, 0.29) is 10.8 Å². The van der Waals surface area contributed by atoms with Crippen molar-refractivity contribution >= 4 is 15.9 Å². The molecule has 3 rings (SSSR count). The molecule has 0 aromatic heterocycles. The predicted molar refractivity (Wildman–Crippen MR) is 111 cm³/mol. The van der Waals surface area contributed by atoms with Crippen LogP contribution in [0.1, 0.15) is 42.5 Å². The van der Waals surface area contributed by atoms with Crippen LogP contribution in [0.15, 0.2) is 47.4 Å². The molecule has 0 bridgehead atoms. The first-order valence-electron chi connectivity index (χ1n) is 9.90. The molecule has 28 heavy (non-hydrogen) atoms.